The molecule has 1 aliphatic carbocycles. The zero-order valence-corrected chi connectivity index (χ0v) is 11.8. The zero-order chi connectivity index (χ0) is 13.9. The second-order valence-electron chi connectivity index (χ2n) is 6.23. The number of para-hydroxylation sites is 1. The number of rotatable bonds is 3. The first-order chi connectivity index (χ1) is 8.96. The van der Waals surface area contributed by atoms with Gasteiger partial charge in [0, 0.05) is 5.69 Å². The van der Waals surface area contributed by atoms with Gasteiger partial charge in [0.15, 0.2) is 0 Å². The number of ether oxygens (including phenoxy) is 1. The predicted octanol–water partition coefficient (Wildman–Crippen LogP) is 3.32. The zero-order valence-electron chi connectivity index (χ0n) is 11.8. The molecule has 0 aromatic heterocycles. The standard InChI is InChI=1S/C16H23NO2/c1-16(2)9-7-13(8-10-16)19-15(18)11-12-5-3-4-6-14(12)17/h3-6,13H,7-11,17H2,1-2H3. The Morgan fingerprint density at radius 1 is 1.32 bits per heavy atom. The fourth-order valence-corrected chi connectivity index (χ4v) is 2.57. The van der Waals surface area contributed by atoms with E-state index in [1.165, 1.54) is 0 Å². The minimum Gasteiger partial charge on any atom is -0.462 e. The van der Waals surface area contributed by atoms with Gasteiger partial charge in [-0.1, -0.05) is 32.0 Å². The van der Waals surface area contributed by atoms with Crippen molar-refractivity contribution in [2.75, 3.05) is 5.73 Å². The maximum Gasteiger partial charge on any atom is 0.310 e. The summed E-state index contributed by atoms with van der Waals surface area (Å²) < 4.78 is 5.55. The molecule has 0 radical (unpaired) electrons. The normalized spacial score (nSPS) is 19.1. The van der Waals surface area contributed by atoms with Crippen molar-refractivity contribution in [2.45, 2.75) is 52.1 Å². The Hall–Kier alpha value is -1.51. The van der Waals surface area contributed by atoms with Gasteiger partial charge < -0.3 is 10.5 Å². The number of nitrogens with two attached hydrogens (primary N) is 1. The van der Waals surface area contributed by atoms with Crippen molar-refractivity contribution in [3.63, 3.8) is 0 Å². The fraction of sp³-hybridized carbons (Fsp3) is 0.562. The van der Waals surface area contributed by atoms with Gasteiger partial charge in [0.05, 0.1) is 6.42 Å². The van der Waals surface area contributed by atoms with Crippen LogP contribution in [0, 0.1) is 5.41 Å². The monoisotopic (exact) mass is 261 g/mol. The first-order valence-electron chi connectivity index (χ1n) is 6.99. The van der Waals surface area contributed by atoms with Gasteiger partial charge in [-0.2, -0.15) is 0 Å². The van der Waals surface area contributed by atoms with Crippen LogP contribution in [0.2, 0.25) is 0 Å². The second-order valence-corrected chi connectivity index (χ2v) is 6.23. The van der Waals surface area contributed by atoms with Crippen molar-refractivity contribution in [1.29, 1.82) is 0 Å². The smallest absolute Gasteiger partial charge is 0.310 e. The van der Waals surface area contributed by atoms with Gasteiger partial charge in [-0.25, -0.2) is 0 Å². The Morgan fingerprint density at radius 3 is 2.58 bits per heavy atom. The molecule has 1 aromatic carbocycles. The van der Waals surface area contributed by atoms with Crippen LogP contribution in [0.25, 0.3) is 0 Å². The third kappa shape index (κ3) is 3.98. The van der Waals surface area contributed by atoms with E-state index in [4.69, 9.17) is 10.5 Å². The van der Waals surface area contributed by atoms with E-state index in [1.54, 1.807) is 0 Å². The van der Waals surface area contributed by atoms with Crippen LogP contribution < -0.4 is 5.73 Å². The highest BCUT2D eigenvalue weighted by Crippen LogP contribution is 2.36. The molecule has 0 saturated heterocycles. The van der Waals surface area contributed by atoms with Crippen molar-refractivity contribution in [3.05, 3.63) is 29.8 Å². The summed E-state index contributed by atoms with van der Waals surface area (Å²) in [6.07, 6.45) is 4.56. The molecule has 19 heavy (non-hydrogen) atoms. The van der Waals surface area contributed by atoms with Crippen molar-refractivity contribution >= 4 is 11.7 Å². The highest BCUT2D eigenvalue weighted by atomic mass is 16.5. The summed E-state index contributed by atoms with van der Waals surface area (Å²) in [4.78, 5) is 11.9. The van der Waals surface area contributed by atoms with Crippen LogP contribution in [0.4, 0.5) is 5.69 Å². The van der Waals surface area contributed by atoms with Crippen LogP contribution in [0.3, 0.4) is 0 Å². The van der Waals surface area contributed by atoms with E-state index < -0.39 is 0 Å². The summed E-state index contributed by atoms with van der Waals surface area (Å²) in [5, 5.41) is 0. The highest BCUT2D eigenvalue weighted by molar-refractivity contribution is 5.75. The molecule has 0 aliphatic heterocycles. The number of hydrogen-bond donors (Lipinski definition) is 1. The van der Waals surface area contributed by atoms with Gasteiger partial charge in [0.25, 0.3) is 0 Å². The van der Waals surface area contributed by atoms with E-state index in [-0.39, 0.29) is 18.5 Å². The quantitative estimate of drug-likeness (QED) is 0.670. The predicted molar refractivity (Wildman–Crippen MR) is 76.7 cm³/mol. The number of carbonyl (C=O) groups excluding carboxylic acids is 1. The molecule has 0 spiro atoms. The molecule has 1 aromatic rings. The van der Waals surface area contributed by atoms with Crippen LogP contribution in [0.5, 0.6) is 0 Å². The maximum absolute atomic E-state index is 11.9. The first-order valence-corrected chi connectivity index (χ1v) is 6.99. The van der Waals surface area contributed by atoms with Crippen molar-refractivity contribution < 1.29 is 9.53 Å². The van der Waals surface area contributed by atoms with Crippen molar-refractivity contribution in [1.82, 2.24) is 0 Å². The summed E-state index contributed by atoms with van der Waals surface area (Å²) in [5.41, 5.74) is 7.73. The number of benzene rings is 1. The van der Waals surface area contributed by atoms with Gasteiger partial charge in [-0.15, -0.1) is 0 Å². The fourth-order valence-electron chi connectivity index (χ4n) is 2.57. The molecule has 0 heterocycles. The lowest BCUT2D eigenvalue weighted by molar-refractivity contribution is -0.150. The SMILES string of the molecule is CC1(C)CCC(OC(=O)Cc2ccccc2N)CC1. The topological polar surface area (TPSA) is 52.3 Å². The first kappa shape index (κ1) is 13.9. The van der Waals surface area contributed by atoms with Crippen LogP contribution >= 0.6 is 0 Å². The largest absolute Gasteiger partial charge is 0.462 e. The van der Waals surface area contributed by atoms with Crippen LogP contribution in [0.1, 0.15) is 45.1 Å². The molecule has 0 unspecified atom stereocenters. The number of nitrogen functional groups attached to an aromatic ring is 1. The van der Waals surface area contributed by atoms with Crippen molar-refractivity contribution in [2.24, 2.45) is 5.41 Å². The molecule has 104 valence electrons. The lowest BCUT2D eigenvalue weighted by Gasteiger charge is -2.33. The lowest BCUT2D eigenvalue weighted by Crippen LogP contribution is -2.28. The molecule has 2 rings (SSSR count). The Balaban J connectivity index is 1.84. The Labute approximate surface area is 115 Å². The third-order valence-corrected chi connectivity index (χ3v) is 3.97. The summed E-state index contributed by atoms with van der Waals surface area (Å²) in [5.74, 6) is -0.164. The maximum atomic E-state index is 11.9. The molecule has 0 amide bonds. The van der Waals surface area contributed by atoms with E-state index in [1.807, 2.05) is 24.3 Å². The average molecular weight is 261 g/mol. The average Bonchev–Trinajstić information content (AvgIpc) is 2.35. The summed E-state index contributed by atoms with van der Waals surface area (Å²) in [6, 6.07) is 7.45. The molecule has 0 atom stereocenters. The van der Waals surface area contributed by atoms with E-state index in [0.29, 0.717) is 11.1 Å². The van der Waals surface area contributed by atoms with Crippen LogP contribution in [-0.4, -0.2) is 12.1 Å². The number of anilines is 1. The highest BCUT2D eigenvalue weighted by Gasteiger charge is 2.28. The molecule has 0 bridgehead atoms. The number of carbonyl (C=O) groups is 1. The molecule has 3 nitrogen and oxygen atoms in total. The van der Waals surface area contributed by atoms with Gasteiger partial charge in [-0.05, 0) is 42.7 Å². The summed E-state index contributed by atoms with van der Waals surface area (Å²) >= 11 is 0. The summed E-state index contributed by atoms with van der Waals surface area (Å²) in [7, 11) is 0. The van der Waals surface area contributed by atoms with Gasteiger partial charge in [0.1, 0.15) is 6.10 Å². The van der Waals surface area contributed by atoms with E-state index in [0.717, 1.165) is 31.2 Å². The van der Waals surface area contributed by atoms with Gasteiger partial charge in [0.2, 0.25) is 0 Å². The number of esters is 1. The molecule has 1 aliphatic rings. The van der Waals surface area contributed by atoms with E-state index >= 15 is 0 Å². The molecule has 2 N–H and O–H groups in total. The van der Waals surface area contributed by atoms with Crippen molar-refractivity contribution in [3.8, 4) is 0 Å². The second kappa shape index (κ2) is 5.64. The lowest BCUT2D eigenvalue weighted by atomic mass is 9.76. The minimum atomic E-state index is -0.164. The minimum absolute atomic E-state index is 0.0884. The number of hydrogen-bond acceptors (Lipinski definition) is 3. The van der Waals surface area contributed by atoms with E-state index in [9.17, 15) is 4.79 Å². The van der Waals surface area contributed by atoms with Gasteiger partial charge >= 0.3 is 5.97 Å². The molecule has 1 fully saturated rings. The van der Waals surface area contributed by atoms with Gasteiger partial charge in [-0.3, -0.25) is 4.79 Å². The Morgan fingerprint density at radius 2 is 1.95 bits per heavy atom. The van der Waals surface area contributed by atoms with Crippen LogP contribution in [0.15, 0.2) is 24.3 Å². The summed E-state index contributed by atoms with van der Waals surface area (Å²) in [6.45, 7) is 4.55. The van der Waals surface area contributed by atoms with E-state index in [2.05, 4.69) is 13.8 Å². The molecular weight excluding hydrogens is 238 g/mol. The Kier molecular flexibility index (Phi) is 4.13. The third-order valence-electron chi connectivity index (χ3n) is 3.97. The molecule has 1 saturated carbocycles. The molecular formula is C16H23NO2. The Bertz CT molecular complexity index is 444. The van der Waals surface area contributed by atoms with Crippen LogP contribution in [-0.2, 0) is 16.0 Å². The molecule has 3 heteroatoms.